The Morgan fingerprint density at radius 2 is 2.12 bits per heavy atom. The molecule has 130 valence electrons. The molecule has 1 heterocycles. The molecule has 0 fully saturated rings. The average molecular weight is 407 g/mol. The predicted molar refractivity (Wildman–Crippen MR) is 98.7 cm³/mol. The van der Waals surface area contributed by atoms with Crippen molar-refractivity contribution in [1.29, 1.82) is 0 Å². The van der Waals surface area contributed by atoms with E-state index in [0.717, 1.165) is 10.6 Å². The molecule has 0 saturated heterocycles. The van der Waals surface area contributed by atoms with E-state index < -0.39 is 15.9 Å². The van der Waals surface area contributed by atoms with Gasteiger partial charge in [-0.1, -0.05) is 40.8 Å². The Kier molecular flexibility index (Phi) is 6.07. The molecule has 0 bridgehead atoms. The van der Waals surface area contributed by atoms with Crippen LogP contribution in [0.5, 0.6) is 0 Å². The van der Waals surface area contributed by atoms with Crippen molar-refractivity contribution in [1.82, 2.24) is 10.2 Å². The molecule has 1 amide bonds. The number of hydrogen-bond donors (Lipinski definition) is 1. The average Bonchev–Trinajstić information content (AvgIpc) is 2.94. The maximum Gasteiger partial charge on any atom is 0.246 e. The second-order valence-electron chi connectivity index (χ2n) is 4.78. The van der Waals surface area contributed by atoms with Crippen molar-refractivity contribution in [2.24, 2.45) is 0 Å². The number of halogens is 1. The van der Waals surface area contributed by atoms with Gasteiger partial charge in [-0.2, -0.15) is 0 Å². The topological polar surface area (TPSA) is 92.3 Å². The van der Waals surface area contributed by atoms with Crippen molar-refractivity contribution in [2.75, 3.05) is 28.7 Å². The molecule has 11 heteroatoms. The summed E-state index contributed by atoms with van der Waals surface area (Å²) in [7, 11) is -3.67. The summed E-state index contributed by atoms with van der Waals surface area (Å²) in [5, 5.41) is 11.0. The number of anilines is 2. The smallest absolute Gasteiger partial charge is 0.246 e. The van der Waals surface area contributed by atoms with E-state index >= 15 is 0 Å². The van der Waals surface area contributed by atoms with Crippen LogP contribution >= 0.6 is 34.7 Å². The highest BCUT2D eigenvalue weighted by atomic mass is 35.5. The number of benzene rings is 1. The quantitative estimate of drug-likeness (QED) is 0.585. The van der Waals surface area contributed by atoms with Crippen LogP contribution in [0.3, 0.4) is 0 Å². The summed E-state index contributed by atoms with van der Waals surface area (Å²) in [5.74, 6) is -0.511. The Labute approximate surface area is 153 Å². The molecule has 0 atom stereocenters. The SMILES string of the molecule is CSc1nnc(NC(=O)CN(c2cccc(Cl)c2C)S(C)(=O)=O)s1. The van der Waals surface area contributed by atoms with Crippen LogP contribution in [-0.2, 0) is 14.8 Å². The van der Waals surface area contributed by atoms with Crippen LogP contribution in [-0.4, -0.2) is 43.6 Å². The second kappa shape index (κ2) is 7.68. The number of nitrogens with one attached hydrogen (secondary N) is 1. The van der Waals surface area contributed by atoms with Gasteiger partial charge in [0.2, 0.25) is 21.1 Å². The fraction of sp³-hybridized carbons (Fsp3) is 0.308. The zero-order valence-electron chi connectivity index (χ0n) is 13.1. The number of hydrogen-bond acceptors (Lipinski definition) is 7. The van der Waals surface area contributed by atoms with Gasteiger partial charge in [-0.25, -0.2) is 8.42 Å². The highest BCUT2D eigenvalue weighted by Crippen LogP contribution is 2.28. The number of amides is 1. The van der Waals surface area contributed by atoms with Gasteiger partial charge in [-0.3, -0.25) is 14.4 Å². The number of carbonyl (C=O) groups excluding carboxylic acids is 1. The molecule has 2 aromatic rings. The van der Waals surface area contributed by atoms with Crippen LogP contribution < -0.4 is 9.62 Å². The summed E-state index contributed by atoms with van der Waals surface area (Å²) < 4.78 is 25.9. The Morgan fingerprint density at radius 1 is 1.42 bits per heavy atom. The molecule has 0 aliphatic carbocycles. The highest BCUT2D eigenvalue weighted by Gasteiger charge is 2.23. The highest BCUT2D eigenvalue weighted by molar-refractivity contribution is 8.00. The minimum atomic E-state index is -3.67. The fourth-order valence-electron chi connectivity index (χ4n) is 1.88. The normalized spacial score (nSPS) is 11.3. The van der Waals surface area contributed by atoms with Gasteiger partial charge in [0.1, 0.15) is 6.54 Å². The van der Waals surface area contributed by atoms with E-state index in [1.807, 2.05) is 6.26 Å². The lowest BCUT2D eigenvalue weighted by Crippen LogP contribution is -2.37. The first-order chi connectivity index (χ1) is 11.2. The Hall–Kier alpha value is -1.36. The fourth-order valence-corrected chi connectivity index (χ4v) is 4.14. The van der Waals surface area contributed by atoms with E-state index in [9.17, 15) is 13.2 Å². The van der Waals surface area contributed by atoms with Gasteiger partial charge in [-0.05, 0) is 30.9 Å². The lowest BCUT2D eigenvalue weighted by atomic mass is 10.2. The summed E-state index contributed by atoms with van der Waals surface area (Å²) in [5.41, 5.74) is 0.945. The van der Waals surface area contributed by atoms with E-state index in [2.05, 4.69) is 15.5 Å². The molecule has 0 aliphatic heterocycles. The number of carbonyl (C=O) groups is 1. The van der Waals surface area contributed by atoms with Gasteiger partial charge in [-0.15, -0.1) is 10.2 Å². The monoisotopic (exact) mass is 406 g/mol. The summed E-state index contributed by atoms with van der Waals surface area (Å²) in [6, 6.07) is 4.90. The summed E-state index contributed by atoms with van der Waals surface area (Å²) in [4.78, 5) is 12.2. The number of sulfonamides is 1. The third kappa shape index (κ3) is 4.59. The van der Waals surface area contributed by atoms with Gasteiger partial charge in [0.15, 0.2) is 4.34 Å². The minimum absolute atomic E-state index is 0.320. The molecule has 24 heavy (non-hydrogen) atoms. The zero-order chi connectivity index (χ0) is 17.9. The van der Waals surface area contributed by atoms with Crippen molar-refractivity contribution in [3.8, 4) is 0 Å². The molecule has 1 N–H and O–H groups in total. The standard InChI is InChI=1S/C13H15ClN4O3S3/c1-8-9(14)5-4-6-10(8)18(24(3,20)21)7-11(19)15-12-16-17-13(22-2)23-12/h4-6H,7H2,1-3H3,(H,15,16,19). The van der Waals surface area contributed by atoms with E-state index in [-0.39, 0.29) is 6.54 Å². The van der Waals surface area contributed by atoms with Gasteiger partial charge >= 0.3 is 0 Å². The van der Waals surface area contributed by atoms with Gasteiger partial charge < -0.3 is 0 Å². The molecule has 0 saturated carbocycles. The largest absolute Gasteiger partial charge is 0.299 e. The van der Waals surface area contributed by atoms with Gasteiger partial charge in [0, 0.05) is 5.02 Å². The Balaban J connectivity index is 2.23. The first kappa shape index (κ1) is 19.0. The Bertz CT molecular complexity index is 854. The number of nitrogens with zero attached hydrogens (tertiary/aromatic N) is 3. The van der Waals surface area contributed by atoms with Crippen molar-refractivity contribution in [3.05, 3.63) is 28.8 Å². The van der Waals surface area contributed by atoms with Crippen molar-refractivity contribution in [2.45, 2.75) is 11.3 Å². The number of aromatic nitrogens is 2. The number of rotatable bonds is 6. The molecule has 0 aliphatic rings. The second-order valence-corrected chi connectivity index (χ2v) is 9.12. The maximum atomic E-state index is 12.2. The van der Waals surface area contributed by atoms with Gasteiger partial charge in [0.25, 0.3) is 0 Å². The molecule has 1 aromatic carbocycles. The molecule has 0 spiro atoms. The minimum Gasteiger partial charge on any atom is -0.299 e. The molecule has 0 unspecified atom stereocenters. The van der Waals surface area contributed by atoms with Crippen molar-refractivity contribution in [3.63, 3.8) is 0 Å². The molecular weight excluding hydrogens is 392 g/mol. The summed E-state index contributed by atoms with van der Waals surface area (Å²) in [6.45, 7) is 1.32. The Morgan fingerprint density at radius 3 is 2.71 bits per heavy atom. The summed E-state index contributed by atoms with van der Waals surface area (Å²) in [6.07, 6.45) is 2.89. The predicted octanol–water partition coefficient (Wildman–Crippen LogP) is 2.63. The molecule has 2 rings (SSSR count). The maximum absolute atomic E-state index is 12.2. The van der Waals surface area contributed by atoms with Crippen molar-refractivity contribution < 1.29 is 13.2 Å². The van der Waals surface area contributed by atoms with Crippen LogP contribution in [0.4, 0.5) is 10.8 Å². The van der Waals surface area contributed by atoms with E-state index in [0.29, 0.717) is 25.7 Å². The van der Waals surface area contributed by atoms with Gasteiger partial charge in [0.05, 0.1) is 11.9 Å². The lowest BCUT2D eigenvalue weighted by molar-refractivity contribution is -0.114. The van der Waals surface area contributed by atoms with E-state index in [4.69, 9.17) is 11.6 Å². The van der Waals surface area contributed by atoms with Crippen molar-refractivity contribution >= 4 is 61.4 Å². The molecule has 0 radical (unpaired) electrons. The van der Waals surface area contributed by atoms with E-state index in [1.54, 1.807) is 25.1 Å². The molecular formula is C13H15ClN4O3S3. The third-order valence-electron chi connectivity index (χ3n) is 3.02. The first-order valence-corrected chi connectivity index (χ1v) is 10.9. The van der Waals surface area contributed by atoms with Crippen LogP contribution in [0.15, 0.2) is 22.5 Å². The van der Waals surface area contributed by atoms with Crippen LogP contribution in [0.1, 0.15) is 5.56 Å². The van der Waals surface area contributed by atoms with Crippen LogP contribution in [0, 0.1) is 6.92 Å². The lowest BCUT2D eigenvalue weighted by Gasteiger charge is -2.23. The van der Waals surface area contributed by atoms with E-state index in [1.165, 1.54) is 23.1 Å². The third-order valence-corrected chi connectivity index (χ3v) is 6.37. The molecule has 7 nitrogen and oxygen atoms in total. The van der Waals surface area contributed by atoms with Crippen LogP contribution in [0.25, 0.3) is 0 Å². The zero-order valence-corrected chi connectivity index (χ0v) is 16.3. The number of thioether (sulfide) groups is 1. The summed E-state index contributed by atoms with van der Waals surface area (Å²) >= 11 is 8.68. The first-order valence-electron chi connectivity index (χ1n) is 6.62. The molecule has 1 aromatic heterocycles. The van der Waals surface area contributed by atoms with Crippen LogP contribution in [0.2, 0.25) is 5.02 Å².